The molecule has 8 rings (SSSR count). The van der Waals surface area contributed by atoms with E-state index in [4.69, 9.17) is 43.9 Å². The smallest absolute Gasteiger partial charge is 0.294 e. The number of nitrogens with one attached hydrogen (secondary N) is 1. The molecule has 1 atom stereocenters. The van der Waals surface area contributed by atoms with Gasteiger partial charge in [0.15, 0.2) is 17.9 Å². The average Bonchev–Trinajstić information content (AvgIpc) is 3.18. The van der Waals surface area contributed by atoms with Crippen LogP contribution >= 0.6 is 0 Å². The molecule has 2 heterocycles. The number of carbonyl (C=O) groups excluding carboxylic acids is 3. The molecule has 0 amide bonds. The van der Waals surface area contributed by atoms with E-state index < -0.39 is 26.5 Å². The Balaban J connectivity index is 0.000000499. The molecule has 2 aromatic carbocycles. The van der Waals surface area contributed by atoms with Crippen LogP contribution in [0.25, 0.3) is 0 Å². The number of carbonyl (C=O) groups is 3. The minimum atomic E-state index is -4.02. The van der Waals surface area contributed by atoms with Gasteiger partial charge in [0, 0.05) is 96.8 Å². The van der Waals surface area contributed by atoms with E-state index in [1.807, 2.05) is 98.9 Å². The first-order chi connectivity index (χ1) is 40.7. The Morgan fingerprint density at radius 3 is 1.48 bits per heavy atom. The molecular formula is C63H99N7O14S2. The Kier molecular flexibility index (Phi) is 39.9. The van der Waals surface area contributed by atoms with Crippen LogP contribution < -0.4 is 5.73 Å². The van der Waals surface area contributed by atoms with Gasteiger partial charge < -0.3 is 34.3 Å². The summed E-state index contributed by atoms with van der Waals surface area (Å²) < 4.78 is 85.1. The van der Waals surface area contributed by atoms with Crippen molar-refractivity contribution in [3.63, 3.8) is 0 Å². The van der Waals surface area contributed by atoms with Crippen molar-refractivity contribution in [1.82, 2.24) is 24.8 Å². The van der Waals surface area contributed by atoms with Crippen LogP contribution in [0.15, 0.2) is 88.6 Å². The van der Waals surface area contributed by atoms with Gasteiger partial charge in [0.05, 0.1) is 15.5 Å². The summed E-state index contributed by atoms with van der Waals surface area (Å²) in [6, 6.07) is 14.1. The average molecular weight is 1240 g/mol. The number of nitrogens with zero attached hydrogens (tertiary/aromatic N) is 5. The zero-order chi connectivity index (χ0) is 64.7. The monoisotopic (exact) mass is 1240 g/mol. The summed E-state index contributed by atoms with van der Waals surface area (Å²) in [5.74, 6) is 1.04. The van der Waals surface area contributed by atoms with Gasteiger partial charge in [-0.3, -0.25) is 38.8 Å². The lowest BCUT2D eigenvalue weighted by Gasteiger charge is -2.20. The molecule has 2 saturated carbocycles. The van der Waals surface area contributed by atoms with Crippen LogP contribution in [0.4, 0.5) is 0 Å². The highest BCUT2D eigenvalue weighted by Crippen LogP contribution is 2.25. The number of methoxy groups -OCH3 is 1. The van der Waals surface area contributed by atoms with E-state index in [-0.39, 0.29) is 28.1 Å². The van der Waals surface area contributed by atoms with Crippen molar-refractivity contribution in [1.29, 1.82) is 5.41 Å². The zero-order valence-electron chi connectivity index (χ0n) is 53.0. The molecule has 2 fully saturated rings. The van der Waals surface area contributed by atoms with Crippen LogP contribution in [0.2, 0.25) is 0 Å². The van der Waals surface area contributed by atoms with E-state index in [0.717, 1.165) is 98.7 Å². The van der Waals surface area contributed by atoms with E-state index >= 15 is 0 Å². The van der Waals surface area contributed by atoms with Crippen molar-refractivity contribution < 1.29 is 64.0 Å². The Bertz CT molecular complexity index is 2760. The van der Waals surface area contributed by atoms with Crippen LogP contribution in [0.1, 0.15) is 174 Å². The van der Waals surface area contributed by atoms with E-state index in [1.54, 1.807) is 37.6 Å². The number of ether oxygens (including phenoxy) is 5. The molecular weight excluding hydrogens is 1140 g/mol. The second kappa shape index (κ2) is 43.8. The van der Waals surface area contributed by atoms with Crippen LogP contribution in [-0.2, 0) is 79.2 Å². The first-order valence-electron chi connectivity index (χ1n) is 29.5. The number of hydrogen-bond acceptors (Lipinski definition) is 18. The molecule has 0 aliphatic heterocycles. The largest absolute Gasteiger partial charge is 0.383 e. The van der Waals surface area contributed by atoms with Gasteiger partial charge in [-0.2, -0.15) is 16.8 Å². The maximum Gasteiger partial charge on any atom is 0.294 e. The van der Waals surface area contributed by atoms with E-state index in [9.17, 15) is 31.2 Å². The van der Waals surface area contributed by atoms with Gasteiger partial charge in [-0.1, -0.05) is 41.8 Å². The highest BCUT2D eigenvalue weighted by atomic mass is 32.2. The number of aryl methyl sites for hydroxylation is 6. The Labute approximate surface area is 513 Å². The van der Waals surface area contributed by atoms with Crippen molar-refractivity contribution in [3.8, 4) is 0 Å². The van der Waals surface area contributed by atoms with Gasteiger partial charge in [-0.05, 0) is 193 Å². The van der Waals surface area contributed by atoms with Gasteiger partial charge in [0.25, 0.3) is 20.2 Å². The van der Waals surface area contributed by atoms with Crippen molar-refractivity contribution in [3.05, 3.63) is 124 Å². The lowest BCUT2D eigenvalue weighted by atomic mass is 9.93. The summed E-state index contributed by atoms with van der Waals surface area (Å²) in [5.41, 5.74) is 14.1. The quantitative estimate of drug-likeness (QED) is 0.0202. The summed E-state index contributed by atoms with van der Waals surface area (Å²) in [6.45, 7) is 15.6. The first kappa shape index (κ1) is 78.3. The van der Waals surface area contributed by atoms with Crippen molar-refractivity contribution in [2.75, 3.05) is 61.7 Å². The molecule has 21 nitrogen and oxygen atoms in total. The molecule has 0 saturated heterocycles. The van der Waals surface area contributed by atoms with Gasteiger partial charge in [0.1, 0.15) is 17.8 Å². The Morgan fingerprint density at radius 2 is 1.08 bits per heavy atom. The summed E-state index contributed by atoms with van der Waals surface area (Å²) in [7, 11) is 1.53. The number of hydrogen-bond donors (Lipinski definition) is 4. The predicted octanol–water partition coefficient (Wildman–Crippen LogP) is 10.6. The number of rotatable bonds is 16. The third-order valence-corrected chi connectivity index (χ3v) is 14.9. The standard InChI is InChI=1S/C14H21NO2.C9H10N2O.C9H15NO.2C7H8O3S.C6H14N2O2.C6H10O.C5H13NO/c1-3-16-14(17-4-2)13-9-11-7-5-6-8-12(11)10-15-13;12-6-9-10-5-7-3-1-2-4-8(7)11-9;1-10(2)7-8-5-3-4-6-9(8)11;2*1-6-2-4-7(5-3-6)11(8,9)10;1-3-9-6(5(7)8)10-4-2;7-6-4-2-1-3-5-6;1-5(7-4)6(2)3/h9-10,14H,3-8H2,1-2H3;5-6H,1-4H2;7H,3-6H2,1-2H3;2*2-5H,1H3,(H,8,9,10);6H,3-4H2,1-2H3,(H3,7,8);1-5H2;5H,1-4H3/b;;8-7-;;;;;. The minimum absolute atomic E-state index is 0.0666. The van der Waals surface area contributed by atoms with Crippen molar-refractivity contribution >= 4 is 43.9 Å². The SMILES string of the molecule is CCOC(OCC)C(=N)N.CCOC(OCC)c1cc2c(cn1)CCCC2.CN(C)/C=C1/CCCCC1=O.COC(C)N(C)C.Cc1ccc(S(=O)(=O)O)cc1.Cc1ccc(S(=O)(=O)O)cc1.O=C1CCCCC1.O=Cc1ncc2c(n1)CCCC2. The summed E-state index contributed by atoms with van der Waals surface area (Å²) in [5, 5.41) is 6.99. The number of benzene rings is 2. The predicted molar refractivity (Wildman–Crippen MR) is 335 cm³/mol. The maximum absolute atomic E-state index is 11.2. The van der Waals surface area contributed by atoms with E-state index in [2.05, 4.69) is 21.0 Å². The second-order valence-electron chi connectivity index (χ2n) is 20.8. The normalized spacial score (nSPS) is 15.2. The third kappa shape index (κ3) is 34.0. The highest BCUT2D eigenvalue weighted by Gasteiger charge is 2.18. The van der Waals surface area contributed by atoms with Crippen molar-refractivity contribution in [2.24, 2.45) is 5.73 Å². The highest BCUT2D eigenvalue weighted by molar-refractivity contribution is 7.86. The molecule has 1 unspecified atom stereocenters. The maximum atomic E-state index is 11.2. The van der Waals surface area contributed by atoms with Crippen LogP contribution in [0.5, 0.6) is 0 Å². The van der Waals surface area contributed by atoms with Gasteiger partial charge in [-0.25, -0.2) is 9.97 Å². The van der Waals surface area contributed by atoms with Crippen LogP contribution in [-0.4, -0.2) is 149 Å². The number of nitrogens with two attached hydrogens (primary N) is 1. The van der Waals surface area contributed by atoms with Crippen LogP contribution in [0.3, 0.4) is 0 Å². The molecule has 0 radical (unpaired) electrons. The molecule has 86 heavy (non-hydrogen) atoms. The number of aldehydes is 1. The lowest BCUT2D eigenvalue weighted by molar-refractivity contribution is -0.142. The van der Waals surface area contributed by atoms with Crippen LogP contribution in [0, 0.1) is 19.3 Å². The van der Waals surface area contributed by atoms with Gasteiger partial charge >= 0.3 is 0 Å². The van der Waals surface area contributed by atoms with E-state index in [0.29, 0.717) is 50.1 Å². The molecule has 2 aromatic heterocycles. The number of fused-ring (bicyclic) bond motifs is 2. The minimum Gasteiger partial charge on any atom is -0.383 e. The first-order valence-corrected chi connectivity index (χ1v) is 32.4. The molecule has 5 N–H and O–H groups in total. The number of aromatic nitrogens is 3. The molecule has 4 aliphatic carbocycles. The molecule has 23 heteroatoms. The van der Waals surface area contributed by atoms with Crippen molar-refractivity contribution in [2.45, 2.75) is 186 Å². The van der Waals surface area contributed by atoms with Gasteiger partial charge in [-0.15, -0.1) is 0 Å². The Morgan fingerprint density at radius 1 is 0.640 bits per heavy atom. The number of pyridine rings is 1. The number of allylic oxidation sites excluding steroid dienone is 1. The fraction of sp³-hybridized carbons (Fsp3) is 0.571. The molecule has 4 aliphatic rings. The number of Topliss-reactive ketones (excluding diaryl/α,β-unsaturated/α-hetero) is 2. The summed E-state index contributed by atoms with van der Waals surface area (Å²) in [4.78, 5) is 48.4. The molecule has 0 bridgehead atoms. The fourth-order valence-electron chi connectivity index (χ4n) is 8.29. The molecule has 0 spiro atoms. The summed E-state index contributed by atoms with van der Waals surface area (Å²) >= 11 is 0. The third-order valence-electron chi connectivity index (χ3n) is 13.2. The Hall–Kier alpha value is -5.73. The molecule has 482 valence electrons. The molecule has 4 aromatic rings. The zero-order valence-corrected chi connectivity index (χ0v) is 54.6. The second-order valence-corrected chi connectivity index (χ2v) is 23.6. The topological polar surface area (TPSA) is 301 Å². The summed E-state index contributed by atoms with van der Waals surface area (Å²) in [6.07, 6.45) is 24.3. The van der Waals surface area contributed by atoms with E-state index in [1.165, 1.54) is 79.5 Å². The van der Waals surface area contributed by atoms with Gasteiger partial charge in [0.2, 0.25) is 12.6 Å². The number of ketones is 2. The fourth-order valence-corrected chi connectivity index (χ4v) is 9.25. The number of amidine groups is 1. The lowest BCUT2D eigenvalue weighted by Crippen LogP contribution is -2.33.